The number of aliphatic hydroxyl groups is 1. The van der Waals surface area contributed by atoms with Crippen LogP contribution in [0.3, 0.4) is 0 Å². The number of hydrogen-bond acceptors (Lipinski definition) is 2. The maximum absolute atomic E-state index is 10.1. The van der Waals surface area contributed by atoms with Gasteiger partial charge in [0, 0.05) is 7.05 Å². The minimum atomic E-state index is -1.02. The van der Waals surface area contributed by atoms with Gasteiger partial charge >= 0.3 is 6.09 Å². The van der Waals surface area contributed by atoms with Crippen molar-refractivity contribution in [3.05, 3.63) is 0 Å². The van der Waals surface area contributed by atoms with Crippen LogP contribution in [0.4, 0.5) is 4.79 Å². The second-order valence-electron chi connectivity index (χ2n) is 1.93. The molecule has 0 heterocycles. The summed E-state index contributed by atoms with van der Waals surface area (Å²) < 4.78 is 0. The van der Waals surface area contributed by atoms with Crippen molar-refractivity contribution in [3.63, 3.8) is 0 Å². The normalized spacial score (nSPS) is 12.8. The summed E-state index contributed by atoms with van der Waals surface area (Å²) in [6.07, 6.45) is -1.02. The molecule has 0 radical (unpaired) electrons. The standard InChI is InChI=1S/C5H11NO3/c1-4(3-7)6(2)5(8)9/h4,7H,3H2,1-2H3,(H,8,9)/t4-/m0/s1. The van der Waals surface area contributed by atoms with Crippen LogP contribution in [0.15, 0.2) is 0 Å². The summed E-state index contributed by atoms with van der Waals surface area (Å²) in [4.78, 5) is 11.2. The van der Waals surface area contributed by atoms with E-state index in [2.05, 4.69) is 0 Å². The van der Waals surface area contributed by atoms with Crippen molar-refractivity contribution in [1.29, 1.82) is 0 Å². The molecule has 0 fully saturated rings. The molecule has 0 saturated heterocycles. The quantitative estimate of drug-likeness (QED) is 0.556. The van der Waals surface area contributed by atoms with Crippen molar-refractivity contribution in [1.82, 2.24) is 4.90 Å². The Morgan fingerprint density at radius 2 is 2.22 bits per heavy atom. The Hall–Kier alpha value is -0.770. The lowest BCUT2D eigenvalue weighted by molar-refractivity contribution is 0.119. The summed E-state index contributed by atoms with van der Waals surface area (Å²) in [5.74, 6) is 0. The van der Waals surface area contributed by atoms with E-state index in [0.29, 0.717) is 0 Å². The van der Waals surface area contributed by atoms with Gasteiger partial charge in [-0.05, 0) is 6.92 Å². The van der Waals surface area contributed by atoms with Crippen molar-refractivity contribution < 1.29 is 15.0 Å². The average Bonchev–Trinajstić information content (AvgIpc) is 1.84. The second-order valence-corrected chi connectivity index (χ2v) is 1.93. The third-order valence-corrected chi connectivity index (χ3v) is 1.23. The van der Waals surface area contributed by atoms with Crippen LogP contribution in [-0.4, -0.2) is 40.9 Å². The Kier molecular flexibility index (Phi) is 3.01. The smallest absolute Gasteiger partial charge is 0.407 e. The number of nitrogens with zero attached hydrogens (tertiary/aromatic N) is 1. The monoisotopic (exact) mass is 133 g/mol. The third kappa shape index (κ3) is 2.32. The Balaban J connectivity index is 3.72. The highest BCUT2D eigenvalue weighted by Gasteiger charge is 2.11. The van der Waals surface area contributed by atoms with Crippen LogP contribution in [0.5, 0.6) is 0 Å². The van der Waals surface area contributed by atoms with Gasteiger partial charge < -0.3 is 15.1 Å². The number of rotatable bonds is 2. The fraction of sp³-hybridized carbons (Fsp3) is 0.800. The van der Waals surface area contributed by atoms with E-state index in [0.717, 1.165) is 4.90 Å². The van der Waals surface area contributed by atoms with Gasteiger partial charge in [0.15, 0.2) is 0 Å². The summed E-state index contributed by atoms with van der Waals surface area (Å²) in [5, 5.41) is 16.7. The molecular formula is C5H11NO3. The molecule has 0 aromatic rings. The SMILES string of the molecule is C[C@@H](CO)N(C)C(=O)O. The highest BCUT2D eigenvalue weighted by atomic mass is 16.4. The van der Waals surface area contributed by atoms with Crippen molar-refractivity contribution >= 4 is 6.09 Å². The van der Waals surface area contributed by atoms with Gasteiger partial charge in [0.2, 0.25) is 0 Å². The van der Waals surface area contributed by atoms with Crippen LogP contribution < -0.4 is 0 Å². The van der Waals surface area contributed by atoms with Crippen LogP contribution in [0, 0.1) is 0 Å². The fourth-order valence-corrected chi connectivity index (χ4v) is 0.311. The van der Waals surface area contributed by atoms with Gasteiger partial charge in [-0.3, -0.25) is 0 Å². The molecular weight excluding hydrogens is 122 g/mol. The van der Waals surface area contributed by atoms with Crippen molar-refractivity contribution in [2.24, 2.45) is 0 Å². The molecule has 0 unspecified atom stereocenters. The predicted octanol–water partition coefficient (Wildman–Crippen LogP) is -0.0230. The predicted molar refractivity (Wildman–Crippen MR) is 32.3 cm³/mol. The van der Waals surface area contributed by atoms with Gasteiger partial charge in [0.25, 0.3) is 0 Å². The highest BCUT2D eigenvalue weighted by Crippen LogP contribution is 1.92. The molecule has 0 aliphatic heterocycles. The molecule has 54 valence electrons. The first-order valence-electron chi connectivity index (χ1n) is 2.66. The number of likely N-dealkylation sites (N-methyl/N-ethyl adjacent to an activating group) is 1. The van der Waals surface area contributed by atoms with Crippen molar-refractivity contribution in [2.45, 2.75) is 13.0 Å². The van der Waals surface area contributed by atoms with Gasteiger partial charge in [0.1, 0.15) is 0 Å². The maximum atomic E-state index is 10.1. The number of aliphatic hydroxyl groups excluding tert-OH is 1. The van der Waals surface area contributed by atoms with Crippen LogP contribution in [0.25, 0.3) is 0 Å². The molecule has 1 atom stereocenters. The molecule has 0 saturated carbocycles. The zero-order valence-electron chi connectivity index (χ0n) is 5.53. The molecule has 0 aromatic carbocycles. The van der Waals surface area contributed by atoms with E-state index < -0.39 is 6.09 Å². The Labute approximate surface area is 53.7 Å². The van der Waals surface area contributed by atoms with E-state index in [1.807, 2.05) is 0 Å². The minimum absolute atomic E-state index is 0.136. The summed E-state index contributed by atoms with van der Waals surface area (Å²) >= 11 is 0. The van der Waals surface area contributed by atoms with E-state index in [4.69, 9.17) is 10.2 Å². The van der Waals surface area contributed by atoms with Gasteiger partial charge in [0.05, 0.1) is 12.6 Å². The van der Waals surface area contributed by atoms with E-state index in [-0.39, 0.29) is 12.6 Å². The fourth-order valence-electron chi connectivity index (χ4n) is 0.311. The molecule has 0 bridgehead atoms. The topological polar surface area (TPSA) is 60.8 Å². The largest absolute Gasteiger partial charge is 0.465 e. The summed E-state index contributed by atoms with van der Waals surface area (Å²) in [7, 11) is 1.42. The average molecular weight is 133 g/mol. The van der Waals surface area contributed by atoms with E-state index in [1.54, 1.807) is 6.92 Å². The maximum Gasteiger partial charge on any atom is 0.407 e. The lowest BCUT2D eigenvalue weighted by Crippen LogP contribution is -2.36. The molecule has 1 amide bonds. The molecule has 0 aromatic heterocycles. The molecule has 4 nitrogen and oxygen atoms in total. The summed E-state index contributed by atoms with van der Waals surface area (Å²) in [6, 6.07) is -0.317. The first kappa shape index (κ1) is 8.23. The lowest BCUT2D eigenvalue weighted by atomic mass is 10.3. The van der Waals surface area contributed by atoms with Gasteiger partial charge in [-0.1, -0.05) is 0 Å². The Morgan fingerprint density at radius 3 is 2.33 bits per heavy atom. The molecule has 2 N–H and O–H groups in total. The van der Waals surface area contributed by atoms with E-state index >= 15 is 0 Å². The summed E-state index contributed by atoms with van der Waals surface area (Å²) in [6.45, 7) is 1.50. The molecule has 0 rings (SSSR count). The van der Waals surface area contributed by atoms with Crippen LogP contribution in [0.1, 0.15) is 6.92 Å². The first-order chi connectivity index (χ1) is 4.09. The molecule has 0 spiro atoms. The van der Waals surface area contributed by atoms with Gasteiger partial charge in [-0.15, -0.1) is 0 Å². The lowest BCUT2D eigenvalue weighted by Gasteiger charge is -2.18. The van der Waals surface area contributed by atoms with Crippen LogP contribution in [-0.2, 0) is 0 Å². The molecule has 0 aliphatic rings. The van der Waals surface area contributed by atoms with Crippen molar-refractivity contribution in [2.75, 3.05) is 13.7 Å². The Bertz CT molecular complexity index is 104. The molecule has 4 heteroatoms. The van der Waals surface area contributed by atoms with Crippen LogP contribution >= 0.6 is 0 Å². The highest BCUT2D eigenvalue weighted by molar-refractivity contribution is 5.64. The van der Waals surface area contributed by atoms with E-state index in [9.17, 15) is 4.79 Å². The van der Waals surface area contributed by atoms with Crippen molar-refractivity contribution in [3.8, 4) is 0 Å². The second kappa shape index (κ2) is 3.29. The first-order valence-corrected chi connectivity index (χ1v) is 2.66. The van der Waals surface area contributed by atoms with Gasteiger partial charge in [-0.2, -0.15) is 0 Å². The summed E-state index contributed by atoms with van der Waals surface area (Å²) in [5.41, 5.74) is 0. The molecule has 0 aliphatic carbocycles. The van der Waals surface area contributed by atoms with E-state index in [1.165, 1.54) is 7.05 Å². The minimum Gasteiger partial charge on any atom is -0.465 e. The zero-order valence-corrected chi connectivity index (χ0v) is 5.53. The third-order valence-electron chi connectivity index (χ3n) is 1.23. The Morgan fingerprint density at radius 1 is 1.78 bits per heavy atom. The van der Waals surface area contributed by atoms with Crippen LogP contribution in [0.2, 0.25) is 0 Å². The molecule has 9 heavy (non-hydrogen) atoms. The zero-order chi connectivity index (χ0) is 7.44. The number of hydrogen-bond donors (Lipinski definition) is 2. The number of carbonyl (C=O) groups is 1. The number of carboxylic acid groups (broad SMARTS) is 1. The van der Waals surface area contributed by atoms with Gasteiger partial charge in [-0.25, -0.2) is 4.79 Å². The number of amides is 1.